The molecule has 5 nitrogen and oxygen atoms in total. The fourth-order valence-corrected chi connectivity index (χ4v) is 1.92. The molecule has 0 amide bonds. The van der Waals surface area contributed by atoms with E-state index in [0.29, 0.717) is 25.3 Å². The Morgan fingerprint density at radius 2 is 2.06 bits per heavy atom. The summed E-state index contributed by atoms with van der Waals surface area (Å²) < 4.78 is 5.23. The van der Waals surface area contributed by atoms with Crippen LogP contribution in [0.1, 0.15) is 15.9 Å². The summed E-state index contributed by atoms with van der Waals surface area (Å²) in [6, 6.07) is 4.35. The first-order valence-electron chi connectivity index (χ1n) is 5.52. The molecule has 1 saturated heterocycles. The second-order valence-corrected chi connectivity index (χ2v) is 4.04. The molecule has 1 fully saturated rings. The number of ether oxygens (including phenoxy) is 1. The fraction of sp³-hybridized carbons (Fsp3) is 0.417. The highest BCUT2D eigenvalue weighted by atomic mass is 16.5. The number of rotatable bonds is 3. The minimum Gasteiger partial charge on any atom is -0.508 e. The quantitative estimate of drug-likeness (QED) is 0.818. The predicted octanol–water partition coefficient (Wildman–Crippen LogP) is 0.923. The largest absolute Gasteiger partial charge is 0.508 e. The lowest BCUT2D eigenvalue weighted by atomic mass is 10.1. The molecule has 0 bridgehead atoms. The maximum atomic E-state index is 11.0. The van der Waals surface area contributed by atoms with Crippen LogP contribution in [0.4, 0.5) is 0 Å². The highest BCUT2D eigenvalue weighted by Crippen LogP contribution is 2.19. The number of phenolic OH excluding ortho intramolecular Hbond substituents is 1. The number of benzene rings is 1. The molecule has 0 aromatic heterocycles. The van der Waals surface area contributed by atoms with Crippen LogP contribution < -0.4 is 0 Å². The highest BCUT2D eigenvalue weighted by Gasteiger charge is 2.16. The maximum Gasteiger partial charge on any atom is 0.336 e. The van der Waals surface area contributed by atoms with E-state index in [1.807, 2.05) is 0 Å². The number of hydrogen-bond acceptors (Lipinski definition) is 4. The van der Waals surface area contributed by atoms with Gasteiger partial charge in [0.2, 0.25) is 0 Å². The van der Waals surface area contributed by atoms with Gasteiger partial charge in [-0.3, -0.25) is 4.90 Å². The van der Waals surface area contributed by atoms with Crippen molar-refractivity contribution in [3.63, 3.8) is 0 Å². The molecule has 1 aromatic rings. The molecular formula is C12H15NO4. The van der Waals surface area contributed by atoms with Crippen LogP contribution in [0.3, 0.4) is 0 Å². The van der Waals surface area contributed by atoms with Gasteiger partial charge in [-0.05, 0) is 23.8 Å². The number of aromatic hydroxyl groups is 1. The molecule has 92 valence electrons. The van der Waals surface area contributed by atoms with Gasteiger partial charge in [-0.25, -0.2) is 4.79 Å². The summed E-state index contributed by atoms with van der Waals surface area (Å²) in [6.07, 6.45) is 0. The molecule has 2 rings (SSSR count). The molecule has 0 spiro atoms. The van der Waals surface area contributed by atoms with E-state index in [0.717, 1.165) is 13.1 Å². The first-order chi connectivity index (χ1) is 8.16. The third-order valence-electron chi connectivity index (χ3n) is 2.82. The first-order valence-corrected chi connectivity index (χ1v) is 5.52. The minimum atomic E-state index is -0.965. The normalized spacial score (nSPS) is 16.9. The van der Waals surface area contributed by atoms with Crippen molar-refractivity contribution in [1.29, 1.82) is 0 Å². The maximum absolute atomic E-state index is 11.0. The molecule has 0 radical (unpaired) electrons. The lowest BCUT2D eigenvalue weighted by Crippen LogP contribution is -2.36. The van der Waals surface area contributed by atoms with Crippen molar-refractivity contribution in [1.82, 2.24) is 4.90 Å². The average Bonchev–Trinajstić information content (AvgIpc) is 2.30. The number of morpholine rings is 1. The molecule has 17 heavy (non-hydrogen) atoms. The third-order valence-corrected chi connectivity index (χ3v) is 2.82. The van der Waals surface area contributed by atoms with Crippen LogP contribution in [0.2, 0.25) is 0 Å². The number of hydrogen-bond donors (Lipinski definition) is 2. The molecule has 0 aliphatic carbocycles. The number of nitrogens with zero attached hydrogens (tertiary/aromatic N) is 1. The Kier molecular flexibility index (Phi) is 3.61. The number of carboxylic acids is 1. The van der Waals surface area contributed by atoms with Crippen molar-refractivity contribution in [3.8, 4) is 5.75 Å². The van der Waals surface area contributed by atoms with Crippen molar-refractivity contribution < 1.29 is 19.7 Å². The van der Waals surface area contributed by atoms with Crippen LogP contribution in [0, 0.1) is 0 Å². The summed E-state index contributed by atoms with van der Waals surface area (Å²) in [5, 5.41) is 18.5. The van der Waals surface area contributed by atoms with Crippen LogP contribution in [0.5, 0.6) is 5.75 Å². The molecule has 1 heterocycles. The van der Waals surface area contributed by atoms with Crippen molar-refractivity contribution in [3.05, 3.63) is 29.3 Å². The monoisotopic (exact) mass is 237 g/mol. The van der Waals surface area contributed by atoms with E-state index in [-0.39, 0.29) is 11.3 Å². The van der Waals surface area contributed by atoms with E-state index in [9.17, 15) is 9.90 Å². The Morgan fingerprint density at radius 1 is 1.35 bits per heavy atom. The molecule has 0 saturated carbocycles. The topological polar surface area (TPSA) is 70.0 Å². The molecule has 2 N–H and O–H groups in total. The van der Waals surface area contributed by atoms with E-state index < -0.39 is 5.97 Å². The summed E-state index contributed by atoms with van der Waals surface area (Å²) in [5.41, 5.74) is 0.883. The standard InChI is InChI=1S/C12H15NO4/c14-10-1-2-11(12(15)16)9(7-10)8-13-3-5-17-6-4-13/h1-2,7,14H,3-6,8H2,(H,15,16). The van der Waals surface area contributed by atoms with Gasteiger partial charge in [-0.2, -0.15) is 0 Å². The van der Waals surface area contributed by atoms with Gasteiger partial charge in [0.25, 0.3) is 0 Å². The van der Waals surface area contributed by atoms with E-state index in [1.165, 1.54) is 18.2 Å². The lowest BCUT2D eigenvalue weighted by molar-refractivity contribution is 0.0339. The smallest absolute Gasteiger partial charge is 0.336 e. The van der Waals surface area contributed by atoms with Gasteiger partial charge in [0.05, 0.1) is 18.8 Å². The SMILES string of the molecule is O=C(O)c1ccc(O)cc1CN1CCOCC1. The number of carboxylic acid groups (broad SMARTS) is 1. The first kappa shape index (κ1) is 11.9. The van der Waals surface area contributed by atoms with Gasteiger partial charge in [0.1, 0.15) is 5.75 Å². The number of phenols is 1. The van der Waals surface area contributed by atoms with Crippen LogP contribution in [-0.2, 0) is 11.3 Å². The van der Waals surface area contributed by atoms with Crippen molar-refractivity contribution in [2.45, 2.75) is 6.54 Å². The summed E-state index contributed by atoms with van der Waals surface area (Å²) in [4.78, 5) is 13.2. The third kappa shape index (κ3) is 2.95. The van der Waals surface area contributed by atoms with Crippen molar-refractivity contribution in [2.24, 2.45) is 0 Å². The Hall–Kier alpha value is -1.59. The van der Waals surface area contributed by atoms with Crippen LogP contribution in [0.15, 0.2) is 18.2 Å². The number of aromatic carboxylic acids is 1. The van der Waals surface area contributed by atoms with E-state index >= 15 is 0 Å². The van der Waals surface area contributed by atoms with Crippen LogP contribution in [0.25, 0.3) is 0 Å². The van der Waals surface area contributed by atoms with E-state index in [4.69, 9.17) is 9.84 Å². The molecule has 5 heteroatoms. The molecule has 0 atom stereocenters. The molecule has 1 aliphatic heterocycles. The van der Waals surface area contributed by atoms with Gasteiger partial charge in [-0.15, -0.1) is 0 Å². The highest BCUT2D eigenvalue weighted by molar-refractivity contribution is 5.89. The van der Waals surface area contributed by atoms with Gasteiger partial charge >= 0.3 is 5.97 Å². The summed E-state index contributed by atoms with van der Waals surface area (Å²) in [7, 11) is 0. The number of carbonyl (C=O) groups is 1. The van der Waals surface area contributed by atoms with Crippen molar-refractivity contribution in [2.75, 3.05) is 26.3 Å². The summed E-state index contributed by atoms with van der Waals surface area (Å²) >= 11 is 0. The molecular weight excluding hydrogens is 222 g/mol. The van der Waals surface area contributed by atoms with Gasteiger partial charge < -0.3 is 14.9 Å². The van der Waals surface area contributed by atoms with Crippen LogP contribution in [-0.4, -0.2) is 47.4 Å². The zero-order chi connectivity index (χ0) is 12.3. The van der Waals surface area contributed by atoms with Crippen molar-refractivity contribution >= 4 is 5.97 Å². The predicted molar refractivity (Wildman–Crippen MR) is 61.2 cm³/mol. The Morgan fingerprint density at radius 3 is 2.71 bits per heavy atom. The zero-order valence-electron chi connectivity index (χ0n) is 9.43. The summed E-state index contributed by atoms with van der Waals surface area (Å²) in [6.45, 7) is 3.44. The van der Waals surface area contributed by atoms with Crippen LogP contribution >= 0.6 is 0 Å². The zero-order valence-corrected chi connectivity index (χ0v) is 9.43. The Balaban J connectivity index is 2.17. The van der Waals surface area contributed by atoms with Gasteiger partial charge in [-0.1, -0.05) is 0 Å². The fourth-order valence-electron chi connectivity index (χ4n) is 1.92. The molecule has 1 aliphatic rings. The molecule has 1 aromatic carbocycles. The molecule has 0 unspecified atom stereocenters. The minimum absolute atomic E-state index is 0.0956. The second kappa shape index (κ2) is 5.16. The Labute approximate surface area is 99.2 Å². The summed E-state index contributed by atoms with van der Waals surface area (Å²) in [5.74, 6) is -0.869. The average molecular weight is 237 g/mol. The van der Waals surface area contributed by atoms with E-state index in [2.05, 4.69) is 4.90 Å². The second-order valence-electron chi connectivity index (χ2n) is 4.04. The van der Waals surface area contributed by atoms with Gasteiger partial charge in [0.15, 0.2) is 0 Å². The van der Waals surface area contributed by atoms with E-state index in [1.54, 1.807) is 0 Å². The lowest BCUT2D eigenvalue weighted by Gasteiger charge is -2.27. The Bertz CT molecular complexity index is 413. The van der Waals surface area contributed by atoms with Gasteiger partial charge in [0, 0.05) is 19.6 Å².